The molecule has 0 unspecified atom stereocenters. The second-order valence-electron chi connectivity index (χ2n) is 4.54. The largest absolute Gasteiger partial charge is 0.347 e. The van der Waals surface area contributed by atoms with Crippen LogP contribution in [0.4, 0.5) is 0 Å². The van der Waals surface area contributed by atoms with E-state index in [0.717, 1.165) is 16.2 Å². The van der Waals surface area contributed by atoms with Crippen molar-refractivity contribution in [3.05, 3.63) is 44.8 Å². The molecular weight excluding hydrogens is 276 g/mol. The number of hydrogen-bond acceptors (Lipinski definition) is 4. The lowest BCUT2D eigenvalue weighted by atomic mass is 9.82. The van der Waals surface area contributed by atoms with Crippen LogP contribution in [0.25, 0.3) is 0 Å². The zero-order valence-corrected chi connectivity index (χ0v) is 11.7. The van der Waals surface area contributed by atoms with Crippen LogP contribution in [-0.2, 0) is 4.79 Å². The van der Waals surface area contributed by atoms with Gasteiger partial charge in [-0.05, 0) is 29.3 Å². The number of nitrogens with one attached hydrogen (secondary N) is 1. The third-order valence-electron chi connectivity index (χ3n) is 3.43. The summed E-state index contributed by atoms with van der Waals surface area (Å²) in [6.45, 7) is 0. The van der Waals surface area contributed by atoms with Crippen molar-refractivity contribution in [1.29, 1.82) is 5.26 Å². The molecule has 3 heterocycles. The molecule has 1 aliphatic heterocycles. The van der Waals surface area contributed by atoms with Crippen molar-refractivity contribution in [3.63, 3.8) is 0 Å². The zero-order chi connectivity index (χ0) is 13.2. The molecule has 3 rings (SSSR count). The maximum atomic E-state index is 12.1. The van der Waals surface area contributed by atoms with Crippen LogP contribution in [0.2, 0.25) is 0 Å². The van der Waals surface area contributed by atoms with E-state index in [0.29, 0.717) is 0 Å². The van der Waals surface area contributed by atoms with Crippen molar-refractivity contribution in [1.82, 2.24) is 5.32 Å². The van der Waals surface area contributed by atoms with Gasteiger partial charge in [0.05, 0.1) is 12.1 Å². The topological polar surface area (TPSA) is 52.9 Å². The summed E-state index contributed by atoms with van der Waals surface area (Å²) in [4.78, 5) is 14.4. The SMILES string of the molecule is N#C[C@@H]1C(=O)N[C@H](c2cccs2)C[C@@H]1c1cccs1. The fourth-order valence-electron chi connectivity index (χ4n) is 2.50. The minimum Gasteiger partial charge on any atom is -0.347 e. The third kappa shape index (κ3) is 2.29. The summed E-state index contributed by atoms with van der Waals surface area (Å²) in [5, 5.41) is 16.2. The number of nitrogens with zero attached hydrogens (tertiary/aromatic N) is 1. The minimum absolute atomic E-state index is 0.00542. The van der Waals surface area contributed by atoms with E-state index in [9.17, 15) is 10.1 Å². The van der Waals surface area contributed by atoms with Gasteiger partial charge >= 0.3 is 0 Å². The van der Waals surface area contributed by atoms with E-state index in [4.69, 9.17) is 0 Å². The summed E-state index contributed by atoms with van der Waals surface area (Å²) >= 11 is 3.27. The summed E-state index contributed by atoms with van der Waals surface area (Å²) in [5.41, 5.74) is 0. The van der Waals surface area contributed by atoms with Crippen molar-refractivity contribution >= 4 is 28.6 Å². The van der Waals surface area contributed by atoms with Crippen LogP contribution in [-0.4, -0.2) is 5.91 Å². The first-order chi connectivity index (χ1) is 9.29. The molecule has 96 valence electrons. The normalized spacial score (nSPS) is 26.7. The second-order valence-corrected chi connectivity index (χ2v) is 6.50. The lowest BCUT2D eigenvalue weighted by Crippen LogP contribution is -2.42. The standard InChI is InChI=1S/C14H12N2OS2/c15-8-10-9(12-3-1-5-18-12)7-11(16-14(10)17)13-4-2-6-19-13/h1-6,9-11H,7H2,(H,16,17)/t9-,10-,11-/m0/s1. The Morgan fingerprint density at radius 2 is 1.89 bits per heavy atom. The van der Waals surface area contributed by atoms with Crippen LogP contribution in [0, 0.1) is 17.2 Å². The van der Waals surface area contributed by atoms with Gasteiger partial charge in [0, 0.05) is 15.7 Å². The second kappa shape index (κ2) is 5.16. The van der Waals surface area contributed by atoms with Crippen LogP contribution >= 0.6 is 22.7 Å². The lowest BCUT2D eigenvalue weighted by molar-refractivity contribution is -0.126. The predicted octanol–water partition coefficient (Wildman–Crippen LogP) is 3.29. The number of rotatable bonds is 2. The van der Waals surface area contributed by atoms with Gasteiger partial charge in [0.25, 0.3) is 0 Å². The van der Waals surface area contributed by atoms with E-state index in [1.54, 1.807) is 22.7 Å². The number of carbonyl (C=O) groups excluding carboxylic acids is 1. The molecule has 0 bridgehead atoms. The monoisotopic (exact) mass is 288 g/mol. The highest BCUT2D eigenvalue weighted by atomic mass is 32.1. The molecule has 3 nitrogen and oxygen atoms in total. The van der Waals surface area contributed by atoms with Crippen molar-refractivity contribution in [2.24, 2.45) is 5.92 Å². The van der Waals surface area contributed by atoms with Gasteiger partial charge in [-0.1, -0.05) is 12.1 Å². The number of carbonyl (C=O) groups is 1. The molecule has 2 aromatic rings. The molecule has 1 saturated heterocycles. The molecule has 1 aliphatic rings. The number of nitriles is 1. The van der Waals surface area contributed by atoms with E-state index < -0.39 is 5.92 Å². The van der Waals surface area contributed by atoms with Crippen molar-refractivity contribution in [2.45, 2.75) is 18.4 Å². The van der Waals surface area contributed by atoms with Gasteiger partial charge in [-0.25, -0.2) is 0 Å². The van der Waals surface area contributed by atoms with Gasteiger partial charge in [0.1, 0.15) is 5.92 Å². The fourth-order valence-corrected chi connectivity index (χ4v) is 4.17. The van der Waals surface area contributed by atoms with Crippen molar-refractivity contribution in [2.75, 3.05) is 0 Å². The van der Waals surface area contributed by atoms with Gasteiger partial charge in [-0.15, -0.1) is 22.7 Å². The number of piperidine rings is 1. The average Bonchev–Trinajstić information content (AvgIpc) is 3.11. The highest BCUT2D eigenvalue weighted by Crippen LogP contribution is 2.40. The Kier molecular flexibility index (Phi) is 3.36. The smallest absolute Gasteiger partial charge is 0.238 e. The Bertz CT molecular complexity index is 598. The Morgan fingerprint density at radius 1 is 1.21 bits per heavy atom. The van der Waals surface area contributed by atoms with Crippen LogP contribution in [0.3, 0.4) is 0 Å². The van der Waals surface area contributed by atoms with Gasteiger partial charge in [-0.2, -0.15) is 5.26 Å². The molecule has 3 atom stereocenters. The molecule has 1 fully saturated rings. The summed E-state index contributed by atoms with van der Waals surface area (Å²) in [5.74, 6) is -0.716. The summed E-state index contributed by atoms with van der Waals surface area (Å²) in [6.07, 6.45) is 0.797. The zero-order valence-electron chi connectivity index (χ0n) is 10.1. The third-order valence-corrected chi connectivity index (χ3v) is 5.42. The van der Waals surface area contributed by atoms with Crippen molar-refractivity contribution < 1.29 is 4.79 Å². The van der Waals surface area contributed by atoms with E-state index in [1.165, 1.54) is 0 Å². The van der Waals surface area contributed by atoms with Crippen LogP contribution < -0.4 is 5.32 Å². The highest BCUT2D eigenvalue weighted by Gasteiger charge is 2.38. The van der Waals surface area contributed by atoms with E-state index >= 15 is 0 Å². The molecule has 2 aromatic heterocycles. The van der Waals surface area contributed by atoms with Crippen LogP contribution in [0.5, 0.6) is 0 Å². The Balaban J connectivity index is 1.92. The average molecular weight is 288 g/mol. The molecule has 0 radical (unpaired) electrons. The number of amides is 1. The molecule has 0 aliphatic carbocycles. The Hall–Kier alpha value is -1.64. The predicted molar refractivity (Wildman–Crippen MR) is 76.0 cm³/mol. The quantitative estimate of drug-likeness (QED) is 0.922. The lowest BCUT2D eigenvalue weighted by Gasteiger charge is -2.32. The van der Waals surface area contributed by atoms with Crippen LogP contribution in [0.1, 0.15) is 28.1 Å². The first-order valence-corrected chi connectivity index (χ1v) is 7.82. The molecule has 0 spiro atoms. The maximum absolute atomic E-state index is 12.1. The molecule has 1 N–H and O–H groups in total. The maximum Gasteiger partial charge on any atom is 0.238 e. The van der Waals surface area contributed by atoms with Crippen LogP contribution in [0.15, 0.2) is 35.0 Å². The van der Waals surface area contributed by atoms with Gasteiger partial charge in [0.15, 0.2) is 0 Å². The minimum atomic E-state index is -0.574. The summed E-state index contributed by atoms with van der Waals surface area (Å²) in [7, 11) is 0. The fraction of sp³-hybridized carbons (Fsp3) is 0.286. The van der Waals surface area contributed by atoms with E-state index in [2.05, 4.69) is 11.4 Å². The van der Waals surface area contributed by atoms with Gasteiger partial charge in [-0.3, -0.25) is 4.79 Å². The molecular formula is C14H12N2OS2. The number of thiophene rings is 2. The van der Waals surface area contributed by atoms with Gasteiger partial charge in [0.2, 0.25) is 5.91 Å². The summed E-state index contributed by atoms with van der Waals surface area (Å²) < 4.78 is 0. The highest BCUT2D eigenvalue weighted by molar-refractivity contribution is 7.10. The number of hydrogen-bond donors (Lipinski definition) is 1. The molecule has 0 saturated carbocycles. The molecule has 0 aromatic carbocycles. The van der Waals surface area contributed by atoms with E-state index in [-0.39, 0.29) is 17.9 Å². The summed E-state index contributed by atoms with van der Waals surface area (Å²) in [6, 6.07) is 10.2. The Labute approximate surface area is 119 Å². The van der Waals surface area contributed by atoms with Gasteiger partial charge < -0.3 is 5.32 Å². The molecule has 5 heteroatoms. The first-order valence-electron chi connectivity index (χ1n) is 6.06. The molecule has 1 amide bonds. The molecule has 19 heavy (non-hydrogen) atoms. The Morgan fingerprint density at radius 3 is 2.47 bits per heavy atom. The van der Waals surface area contributed by atoms with E-state index in [1.807, 2.05) is 35.0 Å². The first kappa shape index (κ1) is 12.4. The van der Waals surface area contributed by atoms with Crippen molar-refractivity contribution in [3.8, 4) is 6.07 Å².